The number of rotatable bonds is 4. The molecule has 0 radical (unpaired) electrons. The molecule has 1 heterocycles. The van der Waals surface area contributed by atoms with Crippen molar-refractivity contribution in [3.63, 3.8) is 0 Å². The van der Waals surface area contributed by atoms with Gasteiger partial charge in [-0.05, 0) is 31.2 Å². The number of hydrazone groups is 1. The van der Waals surface area contributed by atoms with E-state index in [4.69, 9.17) is 0 Å². The van der Waals surface area contributed by atoms with E-state index in [-0.39, 0.29) is 11.4 Å². The van der Waals surface area contributed by atoms with Crippen molar-refractivity contribution in [3.05, 3.63) is 70.6 Å². The number of aliphatic hydroxyl groups excluding tert-OH is 1. The molecule has 0 aliphatic carbocycles. The number of benzene rings is 2. The largest absolute Gasteiger partial charge is 0.387 e. The predicted octanol–water partition coefficient (Wildman–Crippen LogP) is 2.12. The molecule has 6 nitrogen and oxygen atoms in total. The molecule has 2 aromatic carbocycles. The standard InChI is InChI=1S/C17H16N4O2/c1-11(22)15(21-20-12-7-3-2-4-8-12)16-17(23)19-14-10-6-5-9-13(14)18-16/h2-11,20,22H,1H3,(H,19,23). The number of hydrogen-bond donors (Lipinski definition) is 3. The van der Waals surface area contributed by atoms with Crippen LogP contribution >= 0.6 is 0 Å². The van der Waals surface area contributed by atoms with E-state index in [0.717, 1.165) is 5.69 Å². The number of nitrogens with zero attached hydrogens (tertiary/aromatic N) is 2. The van der Waals surface area contributed by atoms with Crippen LogP contribution in [0, 0.1) is 0 Å². The lowest BCUT2D eigenvalue weighted by molar-refractivity contribution is 0.262. The number of para-hydroxylation sites is 3. The monoisotopic (exact) mass is 308 g/mol. The van der Waals surface area contributed by atoms with Gasteiger partial charge in [0.1, 0.15) is 5.71 Å². The number of anilines is 1. The van der Waals surface area contributed by atoms with Gasteiger partial charge in [-0.25, -0.2) is 4.98 Å². The Hall–Kier alpha value is -2.99. The average molecular weight is 308 g/mol. The number of fused-ring (bicyclic) bond motifs is 1. The quantitative estimate of drug-likeness (QED) is 0.508. The molecule has 1 unspecified atom stereocenters. The van der Waals surface area contributed by atoms with Crippen LogP contribution in [0.5, 0.6) is 0 Å². The topological polar surface area (TPSA) is 90.4 Å². The number of aliphatic hydroxyl groups is 1. The van der Waals surface area contributed by atoms with E-state index in [1.165, 1.54) is 0 Å². The van der Waals surface area contributed by atoms with Crippen molar-refractivity contribution >= 4 is 22.4 Å². The highest BCUT2D eigenvalue weighted by atomic mass is 16.3. The van der Waals surface area contributed by atoms with Gasteiger partial charge in [-0.3, -0.25) is 10.2 Å². The zero-order valence-corrected chi connectivity index (χ0v) is 12.5. The van der Waals surface area contributed by atoms with Crippen LogP contribution in [0.4, 0.5) is 5.69 Å². The SMILES string of the molecule is CC(O)C(=NNc1ccccc1)c1nc2ccccc2[nH]c1=O. The molecule has 0 aliphatic rings. The number of hydrogen-bond acceptors (Lipinski definition) is 5. The molecular weight excluding hydrogens is 292 g/mol. The van der Waals surface area contributed by atoms with Crippen LogP contribution in [0.15, 0.2) is 64.5 Å². The molecule has 6 heteroatoms. The molecule has 0 saturated heterocycles. The van der Waals surface area contributed by atoms with Crippen LogP contribution in [0.2, 0.25) is 0 Å². The fourth-order valence-electron chi connectivity index (χ4n) is 2.18. The number of aromatic nitrogens is 2. The highest BCUT2D eigenvalue weighted by Gasteiger charge is 2.17. The van der Waals surface area contributed by atoms with E-state index in [1.807, 2.05) is 42.5 Å². The normalized spacial score (nSPS) is 13.0. The summed E-state index contributed by atoms with van der Waals surface area (Å²) < 4.78 is 0. The first-order chi connectivity index (χ1) is 11.1. The molecule has 3 N–H and O–H groups in total. The van der Waals surface area contributed by atoms with Gasteiger partial charge in [-0.1, -0.05) is 30.3 Å². The molecule has 0 amide bonds. The third-order valence-electron chi connectivity index (χ3n) is 3.32. The van der Waals surface area contributed by atoms with E-state index in [0.29, 0.717) is 11.0 Å². The Morgan fingerprint density at radius 2 is 1.87 bits per heavy atom. The van der Waals surface area contributed by atoms with Crippen LogP contribution < -0.4 is 11.0 Å². The Morgan fingerprint density at radius 1 is 1.17 bits per heavy atom. The molecule has 3 rings (SSSR count). The highest BCUT2D eigenvalue weighted by Crippen LogP contribution is 2.09. The van der Waals surface area contributed by atoms with E-state index >= 15 is 0 Å². The smallest absolute Gasteiger partial charge is 0.276 e. The van der Waals surface area contributed by atoms with Crippen molar-refractivity contribution in [3.8, 4) is 0 Å². The minimum Gasteiger partial charge on any atom is -0.387 e. The minimum absolute atomic E-state index is 0.0992. The lowest BCUT2D eigenvalue weighted by Crippen LogP contribution is -2.29. The summed E-state index contributed by atoms with van der Waals surface area (Å²) in [5.74, 6) is 0. The van der Waals surface area contributed by atoms with Crippen LogP contribution in [-0.2, 0) is 0 Å². The van der Waals surface area contributed by atoms with Crippen molar-refractivity contribution in [2.45, 2.75) is 13.0 Å². The van der Waals surface area contributed by atoms with Gasteiger partial charge in [0.05, 0.1) is 22.8 Å². The van der Waals surface area contributed by atoms with Crippen molar-refractivity contribution in [1.29, 1.82) is 0 Å². The third kappa shape index (κ3) is 3.27. The van der Waals surface area contributed by atoms with Gasteiger partial charge < -0.3 is 10.1 Å². The fraction of sp³-hybridized carbons (Fsp3) is 0.118. The summed E-state index contributed by atoms with van der Waals surface area (Å²) in [5.41, 5.74) is 4.75. The Bertz CT molecular complexity index is 901. The summed E-state index contributed by atoms with van der Waals surface area (Å²) in [6.07, 6.45) is -0.944. The highest BCUT2D eigenvalue weighted by molar-refractivity contribution is 6.02. The van der Waals surface area contributed by atoms with Crippen molar-refractivity contribution < 1.29 is 5.11 Å². The molecule has 23 heavy (non-hydrogen) atoms. The lowest BCUT2D eigenvalue weighted by atomic mass is 10.1. The van der Waals surface area contributed by atoms with Crippen molar-refractivity contribution in [2.75, 3.05) is 5.43 Å². The maximum atomic E-state index is 12.3. The van der Waals surface area contributed by atoms with Crippen LogP contribution in [-0.4, -0.2) is 26.9 Å². The lowest BCUT2D eigenvalue weighted by Gasteiger charge is -2.10. The first-order valence-electron chi connectivity index (χ1n) is 7.21. The second kappa shape index (κ2) is 6.41. The van der Waals surface area contributed by atoms with E-state index in [9.17, 15) is 9.90 Å². The second-order valence-corrected chi connectivity index (χ2v) is 5.08. The second-order valence-electron chi connectivity index (χ2n) is 5.08. The molecule has 1 atom stereocenters. The molecule has 0 fully saturated rings. The maximum absolute atomic E-state index is 12.3. The summed E-state index contributed by atoms with van der Waals surface area (Å²) in [7, 11) is 0. The van der Waals surface area contributed by atoms with Gasteiger partial charge in [0, 0.05) is 0 Å². The molecule has 3 aromatic rings. The van der Waals surface area contributed by atoms with E-state index in [2.05, 4.69) is 20.5 Å². The Morgan fingerprint density at radius 3 is 2.61 bits per heavy atom. The van der Waals surface area contributed by atoms with Crippen molar-refractivity contribution in [1.82, 2.24) is 9.97 Å². The summed E-state index contributed by atoms with van der Waals surface area (Å²) in [6, 6.07) is 16.5. The van der Waals surface area contributed by atoms with Crippen LogP contribution in [0.3, 0.4) is 0 Å². The van der Waals surface area contributed by atoms with Gasteiger partial charge in [-0.15, -0.1) is 0 Å². The first kappa shape index (κ1) is 14.9. The van der Waals surface area contributed by atoms with E-state index < -0.39 is 11.7 Å². The summed E-state index contributed by atoms with van der Waals surface area (Å²) in [6.45, 7) is 1.54. The van der Waals surface area contributed by atoms with Gasteiger partial charge in [0.25, 0.3) is 5.56 Å². The Kier molecular flexibility index (Phi) is 4.16. The maximum Gasteiger partial charge on any atom is 0.276 e. The number of H-pyrrole nitrogens is 1. The zero-order chi connectivity index (χ0) is 16.2. The fourth-order valence-corrected chi connectivity index (χ4v) is 2.18. The molecule has 116 valence electrons. The molecule has 0 bridgehead atoms. The molecule has 0 spiro atoms. The van der Waals surface area contributed by atoms with Gasteiger partial charge in [-0.2, -0.15) is 5.10 Å². The summed E-state index contributed by atoms with van der Waals surface area (Å²) in [4.78, 5) is 19.3. The van der Waals surface area contributed by atoms with Crippen molar-refractivity contribution in [2.24, 2.45) is 5.10 Å². The van der Waals surface area contributed by atoms with Gasteiger partial charge >= 0.3 is 0 Å². The molecular formula is C17H16N4O2. The minimum atomic E-state index is -0.944. The van der Waals surface area contributed by atoms with Gasteiger partial charge in [0.15, 0.2) is 5.69 Å². The number of nitrogens with one attached hydrogen (secondary N) is 2. The van der Waals surface area contributed by atoms with E-state index in [1.54, 1.807) is 19.1 Å². The molecule has 0 aliphatic heterocycles. The number of aromatic amines is 1. The average Bonchev–Trinajstić information content (AvgIpc) is 2.56. The summed E-state index contributed by atoms with van der Waals surface area (Å²) >= 11 is 0. The van der Waals surface area contributed by atoms with Gasteiger partial charge in [0.2, 0.25) is 0 Å². The van der Waals surface area contributed by atoms with Crippen LogP contribution in [0.25, 0.3) is 11.0 Å². The predicted molar refractivity (Wildman–Crippen MR) is 90.6 cm³/mol. The summed E-state index contributed by atoms with van der Waals surface area (Å²) in [5, 5.41) is 14.1. The zero-order valence-electron chi connectivity index (χ0n) is 12.5. The first-order valence-corrected chi connectivity index (χ1v) is 7.21. The van der Waals surface area contributed by atoms with Crippen LogP contribution in [0.1, 0.15) is 12.6 Å². The third-order valence-corrected chi connectivity index (χ3v) is 3.32. The molecule has 1 aromatic heterocycles. The Balaban J connectivity index is 2.04. The Labute approximate surface area is 132 Å². The molecule has 0 saturated carbocycles.